The summed E-state index contributed by atoms with van der Waals surface area (Å²) in [5, 5.41) is 23.6. The van der Waals surface area contributed by atoms with Gasteiger partial charge in [-0.05, 0) is 37.5 Å². The Hall–Kier alpha value is -2.20. The Morgan fingerprint density at radius 1 is 1.03 bits per heavy atom. The number of aliphatic carboxylic acids is 1. The number of carboxylic acids is 1. The smallest absolute Gasteiger partial charge is 0.326 e. The van der Waals surface area contributed by atoms with Crippen molar-refractivity contribution in [3.63, 3.8) is 0 Å². The molecule has 4 atom stereocenters. The van der Waals surface area contributed by atoms with Crippen LogP contribution in [0.1, 0.15) is 53.4 Å². The molecule has 6 N–H and O–H groups in total. The van der Waals surface area contributed by atoms with Gasteiger partial charge < -0.3 is 31.5 Å². The molecule has 1 aliphatic heterocycles. The van der Waals surface area contributed by atoms with Gasteiger partial charge in [0.1, 0.15) is 24.2 Å². The van der Waals surface area contributed by atoms with Crippen LogP contribution in [0.15, 0.2) is 0 Å². The van der Waals surface area contributed by atoms with Crippen molar-refractivity contribution < 1.29 is 29.4 Å². The Bertz CT molecular complexity index is 624. The normalized spacial score (nSPS) is 19.5. The Balaban J connectivity index is 2.94. The third-order valence-electron chi connectivity index (χ3n) is 5.02. The lowest BCUT2D eigenvalue weighted by Crippen LogP contribution is -2.57. The lowest BCUT2D eigenvalue weighted by Gasteiger charge is -2.30. The molecule has 10 heteroatoms. The maximum absolute atomic E-state index is 13.2. The predicted octanol–water partition coefficient (Wildman–Crippen LogP) is -0.557. The summed E-state index contributed by atoms with van der Waals surface area (Å²) >= 11 is 0. The second-order valence-corrected chi connectivity index (χ2v) is 8.70. The molecule has 0 spiro atoms. The number of amides is 3. The Morgan fingerprint density at radius 3 is 2.10 bits per heavy atom. The van der Waals surface area contributed by atoms with E-state index in [-0.39, 0.29) is 18.3 Å². The number of nitrogens with one attached hydrogen (secondary N) is 2. The van der Waals surface area contributed by atoms with Gasteiger partial charge in [-0.25, -0.2) is 4.79 Å². The molecule has 0 aromatic rings. The SMILES string of the molecule is CC(C)C[C@H](NC(=O)[C@@H]1CCCN1C(=O)[C@H](CC(C)C)NC(=O)[C@@H](N)CO)C(=O)O. The van der Waals surface area contributed by atoms with Crippen LogP contribution in [-0.2, 0) is 19.2 Å². The van der Waals surface area contributed by atoms with Gasteiger partial charge in [-0.2, -0.15) is 0 Å². The molecule has 10 nitrogen and oxygen atoms in total. The van der Waals surface area contributed by atoms with Gasteiger partial charge in [-0.1, -0.05) is 27.7 Å². The Labute approximate surface area is 177 Å². The van der Waals surface area contributed by atoms with Gasteiger partial charge in [0, 0.05) is 6.54 Å². The van der Waals surface area contributed by atoms with E-state index in [9.17, 15) is 24.3 Å². The molecule has 30 heavy (non-hydrogen) atoms. The molecule has 0 aliphatic carbocycles. The first kappa shape index (κ1) is 25.8. The maximum atomic E-state index is 13.2. The molecule has 0 aromatic carbocycles. The molecule has 0 saturated carbocycles. The molecule has 1 fully saturated rings. The van der Waals surface area contributed by atoms with Crippen molar-refractivity contribution >= 4 is 23.7 Å². The molecule has 0 radical (unpaired) electrons. The summed E-state index contributed by atoms with van der Waals surface area (Å²) in [6.45, 7) is 7.32. The third-order valence-corrected chi connectivity index (χ3v) is 5.02. The third kappa shape index (κ3) is 7.56. The van der Waals surface area contributed by atoms with Crippen LogP contribution in [0.4, 0.5) is 0 Å². The van der Waals surface area contributed by atoms with Gasteiger partial charge in [0.2, 0.25) is 17.7 Å². The minimum Gasteiger partial charge on any atom is -0.480 e. The summed E-state index contributed by atoms with van der Waals surface area (Å²) in [4.78, 5) is 50.9. The number of carboxylic acid groups (broad SMARTS) is 1. The van der Waals surface area contributed by atoms with Gasteiger partial charge in [0.05, 0.1) is 6.61 Å². The van der Waals surface area contributed by atoms with E-state index in [1.165, 1.54) is 4.90 Å². The molecule has 0 bridgehead atoms. The van der Waals surface area contributed by atoms with Crippen molar-refractivity contribution in [2.75, 3.05) is 13.2 Å². The first-order valence-corrected chi connectivity index (χ1v) is 10.5. The predicted molar refractivity (Wildman–Crippen MR) is 110 cm³/mol. The lowest BCUT2D eigenvalue weighted by atomic mass is 10.0. The van der Waals surface area contributed by atoms with Crippen LogP contribution in [0.2, 0.25) is 0 Å². The van der Waals surface area contributed by atoms with E-state index in [4.69, 9.17) is 10.8 Å². The van der Waals surface area contributed by atoms with Crippen molar-refractivity contribution in [1.29, 1.82) is 0 Å². The number of nitrogens with zero attached hydrogens (tertiary/aromatic N) is 1. The average molecular weight is 429 g/mol. The fourth-order valence-corrected chi connectivity index (χ4v) is 3.52. The van der Waals surface area contributed by atoms with Gasteiger partial charge in [0.25, 0.3) is 0 Å². The van der Waals surface area contributed by atoms with Crippen LogP contribution < -0.4 is 16.4 Å². The number of carbonyl (C=O) groups is 4. The molecule has 3 amide bonds. The standard InChI is InChI=1S/C20H36N4O6/c1-11(2)8-14(22-17(26)13(21)10-25)19(28)24-7-5-6-16(24)18(27)23-15(20(29)30)9-12(3)4/h11-16,25H,5-10,21H2,1-4H3,(H,22,26)(H,23,27)(H,29,30)/t13-,14-,15-,16-/m0/s1. The second kappa shape index (κ2) is 11.8. The van der Waals surface area contributed by atoms with E-state index in [0.717, 1.165) is 0 Å². The number of carbonyl (C=O) groups excluding carboxylic acids is 3. The number of aliphatic hydroxyl groups is 1. The molecule has 0 aromatic heterocycles. The summed E-state index contributed by atoms with van der Waals surface area (Å²) in [5.41, 5.74) is 5.54. The summed E-state index contributed by atoms with van der Waals surface area (Å²) in [6, 6.07) is -3.83. The minimum absolute atomic E-state index is 0.0779. The Morgan fingerprint density at radius 2 is 1.60 bits per heavy atom. The summed E-state index contributed by atoms with van der Waals surface area (Å²) in [5.74, 6) is -2.50. The lowest BCUT2D eigenvalue weighted by molar-refractivity contribution is -0.145. The van der Waals surface area contributed by atoms with Crippen LogP contribution in [0.25, 0.3) is 0 Å². The highest BCUT2D eigenvalue weighted by Crippen LogP contribution is 2.21. The number of hydrogen-bond acceptors (Lipinski definition) is 6. The van der Waals surface area contributed by atoms with Crippen LogP contribution in [0.5, 0.6) is 0 Å². The highest BCUT2D eigenvalue weighted by molar-refractivity contribution is 5.94. The number of nitrogens with two attached hydrogens (primary N) is 1. The van der Waals surface area contributed by atoms with E-state index in [0.29, 0.717) is 25.8 Å². The van der Waals surface area contributed by atoms with Gasteiger partial charge in [-0.3, -0.25) is 14.4 Å². The van der Waals surface area contributed by atoms with Crippen LogP contribution in [0, 0.1) is 11.8 Å². The molecule has 0 unspecified atom stereocenters. The highest BCUT2D eigenvalue weighted by atomic mass is 16.4. The molecular weight excluding hydrogens is 392 g/mol. The van der Waals surface area contributed by atoms with Gasteiger partial charge in [-0.15, -0.1) is 0 Å². The minimum atomic E-state index is -1.14. The second-order valence-electron chi connectivity index (χ2n) is 8.70. The quantitative estimate of drug-likeness (QED) is 0.295. The molecule has 1 heterocycles. The van der Waals surface area contributed by atoms with Crippen molar-refractivity contribution in [2.24, 2.45) is 17.6 Å². The van der Waals surface area contributed by atoms with Crippen molar-refractivity contribution in [3.8, 4) is 0 Å². The van der Waals surface area contributed by atoms with Crippen molar-refractivity contribution in [2.45, 2.75) is 77.5 Å². The highest BCUT2D eigenvalue weighted by Gasteiger charge is 2.39. The van der Waals surface area contributed by atoms with Crippen LogP contribution >= 0.6 is 0 Å². The zero-order valence-corrected chi connectivity index (χ0v) is 18.3. The van der Waals surface area contributed by atoms with Crippen molar-refractivity contribution in [1.82, 2.24) is 15.5 Å². The van der Waals surface area contributed by atoms with E-state index >= 15 is 0 Å². The van der Waals surface area contributed by atoms with Crippen molar-refractivity contribution in [3.05, 3.63) is 0 Å². The molecule has 1 saturated heterocycles. The van der Waals surface area contributed by atoms with Gasteiger partial charge >= 0.3 is 5.97 Å². The topological polar surface area (TPSA) is 162 Å². The molecule has 1 rings (SSSR count). The number of rotatable bonds is 11. The summed E-state index contributed by atoms with van der Waals surface area (Å²) in [6.07, 6.45) is 1.65. The van der Waals surface area contributed by atoms with E-state index in [1.807, 2.05) is 27.7 Å². The number of likely N-dealkylation sites (tertiary alicyclic amines) is 1. The largest absolute Gasteiger partial charge is 0.480 e. The molecular formula is C20H36N4O6. The molecule has 172 valence electrons. The zero-order chi connectivity index (χ0) is 23.0. The van der Waals surface area contributed by atoms with E-state index in [2.05, 4.69) is 10.6 Å². The first-order chi connectivity index (χ1) is 14.0. The zero-order valence-electron chi connectivity index (χ0n) is 18.3. The first-order valence-electron chi connectivity index (χ1n) is 10.5. The maximum Gasteiger partial charge on any atom is 0.326 e. The fourth-order valence-electron chi connectivity index (χ4n) is 3.52. The van der Waals surface area contributed by atoms with E-state index < -0.39 is 54.5 Å². The van der Waals surface area contributed by atoms with Crippen LogP contribution in [-0.4, -0.2) is 76.1 Å². The fraction of sp³-hybridized carbons (Fsp3) is 0.800. The van der Waals surface area contributed by atoms with Gasteiger partial charge in [0.15, 0.2) is 0 Å². The number of aliphatic hydroxyl groups excluding tert-OH is 1. The summed E-state index contributed by atoms with van der Waals surface area (Å²) < 4.78 is 0. The Kier molecular flexibility index (Phi) is 10.2. The van der Waals surface area contributed by atoms with Crippen LogP contribution in [0.3, 0.4) is 0 Å². The van der Waals surface area contributed by atoms with E-state index in [1.54, 1.807) is 0 Å². The summed E-state index contributed by atoms with van der Waals surface area (Å²) in [7, 11) is 0. The molecule has 1 aliphatic rings. The number of hydrogen-bond donors (Lipinski definition) is 5. The average Bonchev–Trinajstić information content (AvgIpc) is 3.14. The monoisotopic (exact) mass is 428 g/mol.